The molecule has 4 nitrogen and oxygen atoms in total. The summed E-state index contributed by atoms with van der Waals surface area (Å²) in [7, 11) is 0. The van der Waals surface area contributed by atoms with Gasteiger partial charge in [0.15, 0.2) is 0 Å². The average Bonchev–Trinajstić information content (AvgIpc) is 3.14. The Hall–Kier alpha value is -0.850. The number of nitrogens with zero attached hydrogens (tertiary/aromatic N) is 2. The quantitative estimate of drug-likeness (QED) is 0.872. The highest BCUT2D eigenvalue weighted by Gasteiger charge is 2.33. The number of nitrogens with one attached hydrogen (secondary N) is 1. The lowest BCUT2D eigenvalue weighted by atomic mass is 10.0. The van der Waals surface area contributed by atoms with Crippen LogP contribution in [-0.2, 0) is 0 Å². The lowest BCUT2D eigenvalue weighted by Gasteiger charge is -2.16. The van der Waals surface area contributed by atoms with Crippen LogP contribution in [0.4, 0.5) is 0 Å². The first kappa shape index (κ1) is 15.1. The number of thioether (sulfide) groups is 1. The summed E-state index contributed by atoms with van der Waals surface area (Å²) in [6, 6.07) is 8.41. The zero-order valence-electron chi connectivity index (χ0n) is 11.9. The predicted octanol–water partition coefficient (Wildman–Crippen LogP) is 3.70. The van der Waals surface area contributed by atoms with Crippen LogP contribution in [0.1, 0.15) is 25.2 Å². The van der Waals surface area contributed by atoms with Crippen molar-refractivity contribution in [1.82, 2.24) is 15.5 Å². The topological polar surface area (TPSA) is 51.0 Å². The van der Waals surface area contributed by atoms with Crippen molar-refractivity contribution in [2.75, 3.05) is 18.1 Å². The van der Waals surface area contributed by atoms with Gasteiger partial charge in [-0.1, -0.05) is 28.0 Å². The highest BCUT2D eigenvalue weighted by molar-refractivity contribution is 9.10. The van der Waals surface area contributed by atoms with Crippen molar-refractivity contribution in [3.8, 4) is 11.4 Å². The molecule has 3 rings (SSSR count). The van der Waals surface area contributed by atoms with Gasteiger partial charge >= 0.3 is 0 Å². The summed E-state index contributed by atoms with van der Waals surface area (Å²) in [5.41, 5.74) is 0.983. The van der Waals surface area contributed by atoms with Crippen molar-refractivity contribution in [3.63, 3.8) is 0 Å². The van der Waals surface area contributed by atoms with Gasteiger partial charge in [0.05, 0.1) is 5.92 Å². The standard InChI is InChI=1S/C15H18BrN3OS/c1-2-7-17-13-9-21-8-12(13)15-18-14(19-20-15)10-3-5-11(16)6-4-10/h3-6,12-13,17H,2,7-9H2,1H3. The normalized spacial score (nSPS) is 21.8. The van der Waals surface area contributed by atoms with Gasteiger partial charge in [-0.3, -0.25) is 0 Å². The summed E-state index contributed by atoms with van der Waals surface area (Å²) in [5.74, 6) is 3.90. The maximum Gasteiger partial charge on any atom is 0.232 e. The van der Waals surface area contributed by atoms with Gasteiger partial charge in [-0.2, -0.15) is 16.7 Å². The minimum Gasteiger partial charge on any atom is -0.339 e. The summed E-state index contributed by atoms with van der Waals surface area (Å²) >= 11 is 5.38. The lowest BCUT2D eigenvalue weighted by molar-refractivity contribution is 0.339. The summed E-state index contributed by atoms with van der Waals surface area (Å²) in [5, 5.41) is 7.72. The van der Waals surface area contributed by atoms with E-state index in [0.717, 1.165) is 40.4 Å². The molecule has 2 aromatic rings. The van der Waals surface area contributed by atoms with Crippen LogP contribution in [0.2, 0.25) is 0 Å². The molecule has 1 aliphatic rings. The second kappa shape index (κ2) is 6.94. The van der Waals surface area contributed by atoms with Gasteiger partial charge in [-0.25, -0.2) is 0 Å². The van der Waals surface area contributed by atoms with Gasteiger partial charge in [0.25, 0.3) is 0 Å². The molecule has 21 heavy (non-hydrogen) atoms. The molecule has 1 fully saturated rings. The fraction of sp³-hybridized carbons (Fsp3) is 0.467. The van der Waals surface area contributed by atoms with E-state index >= 15 is 0 Å². The van der Waals surface area contributed by atoms with Gasteiger partial charge in [-0.15, -0.1) is 0 Å². The highest BCUT2D eigenvalue weighted by Crippen LogP contribution is 2.33. The first-order chi connectivity index (χ1) is 10.3. The van der Waals surface area contributed by atoms with E-state index in [1.165, 1.54) is 0 Å². The van der Waals surface area contributed by atoms with E-state index < -0.39 is 0 Å². The van der Waals surface area contributed by atoms with Gasteiger partial charge in [0, 0.05) is 27.6 Å². The van der Waals surface area contributed by atoms with Crippen LogP contribution >= 0.6 is 27.7 Å². The molecule has 6 heteroatoms. The minimum atomic E-state index is 0.318. The Bertz CT molecular complexity index is 587. The molecule has 1 N–H and O–H groups in total. The Balaban J connectivity index is 1.76. The van der Waals surface area contributed by atoms with Crippen molar-refractivity contribution in [2.24, 2.45) is 0 Å². The Kier molecular flexibility index (Phi) is 4.98. The zero-order valence-corrected chi connectivity index (χ0v) is 14.3. The second-order valence-corrected chi connectivity index (χ2v) is 7.16. The lowest BCUT2D eigenvalue weighted by Crippen LogP contribution is -2.34. The fourth-order valence-electron chi connectivity index (χ4n) is 2.43. The number of hydrogen-bond acceptors (Lipinski definition) is 5. The number of aromatic nitrogens is 2. The molecule has 112 valence electrons. The van der Waals surface area contributed by atoms with Crippen LogP contribution in [-0.4, -0.2) is 34.2 Å². The molecule has 2 heterocycles. The Morgan fingerprint density at radius 3 is 2.90 bits per heavy atom. The summed E-state index contributed by atoms with van der Waals surface area (Å²) in [6.07, 6.45) is 1.14. The second-order valence-electron chi connectivity index (χ2n) is 5.17. The minimum absolute atomic E-state index is 0.318. The first-order valence-corrected chi connectivity index (χ1v) is 9.13. The van der Waals surface area contributed by atoms with E-state index in [4.69, 9.17) is 4.52 Å². The molecule has 0 aliphatic carbocycles. The smallest absolute Gasteiger partial charge is 0.232 e. The fourth-order valence-corrected chi connectivity index (χ4v) is 4.06. The molecule has 0 bridgehead atoms. The van der Waals surface area contributed by atoms with E-state index in [2.05, 4.69) is 38.3 Å². The van der Waals surface area contributed by atoms with E-state index in [1.807, 2.05) is 36.0 Å². The van der Waals surface area contributed by atoms with Gasteiger partial charge in [0.1, 0.15) is 0 Å². The third kappa shape index (κ3) is 3.49. The Morgan fingerprint density at radius 2 is 2.14 bits per heavy atom. The van der Waals surface area contributed by atoms with Crippen molar-refractivity contribution >= 4 is 27.7 Å². The molecule has 1 aromatic carbocycles. The van der Waals surface area contributed by atoms with Gasteiger partial charge in [0.2, 0.25) is 11.7 Å². The van der Waals surface area contributed by atoms with Crippen LogP contribution in [0.5, 0.6) is 0 Å². The first-order valence-electron chi connectivity index (χ1n) is 7.18. The molecular formula is C15H18BrN3OS. The molecule has 0 spiro atoms. The number of hydrogen-bond donors (Lipinski definition) is 1. The van der Waals surface area contributed by atoms with E-state index in [9.17, 15) is 0 Å². The molecule has 0 radical (unpaired) electrons. The maximum absolute atomic E-state index is 5.52. The number of benzene rings is 1. The van der Waals surface area contributed by atoms with Crippen LogP contribution in [0.15, 0.2) is 33.3 Å². The Morgan fingerprint density at radius 1 is 1.33 bits per heavy atom. The van der Waals surface area contributed by atoms with Crippen molar-refractivity contribution in [3.05, 3.63) is 34.6 Å². The van der Waals surface area contributed by atoms with E-state index in [1.54, 1.807) is 0 Å². The third-order valence-electron chi connectivity index (χ3n) is 3.60. The maximum atomic E-state index is 5.52. The SMILES string of the molecule is CCCNC1CSCC1c1nc(-c2ccc(Br)cc2)no1. The Labute approximate surface area is 137 Å². The summed E-state index contributed by atoms with van der Waals surface area (Å²) in [4.78, 5) is 4.60. The van der Waals surface area contributed by atoms with Crippen molar-refractivity contribution < 1.29 is 4.52 Å². The average molecular weight is 368 g/mol. The highest BCUT2D eigenvalue weighted by atomic mass is 79.9. The molecular weight excluding hydrogens is 350 g/mol. The predicted molar refractivity (Wildman–Crippen MR) is 89.6 cm³/mol. The van der Waals surface area contributed by atoms with E-state index in [0.29, 0.717) is 17.8 Å². The van der Waals surface area contributed by atoms with Crippen molar-refractivity contribution in [2.45, 2.75) is 25.3 Å². The van der Waals surface area contributed by atoms with Crippen LogP contribution in [0.3, 0.4) is 0 Å². The largest absolute Gasteiger partial charge is 0.339 e. The summed E-state index contributed by atoms with van der Waals surface area (Å²) in [6.45, 7) is 3.22. The molecule has 1 saturated heterocycles. The molecule has 2 unspecified atom stereocenters. The monoisotopic (exact) mass is 367 g/mol. The van der Waals surface area contributed by atoms with Crippen LogP contribution < -0.4 is 5.32 Å². The van der Waals surface area contributed by atoms with E-state index in [-0.39, 0.29) is 0 Å². The van der Waals surface area contributed by atoms with Gasteiger partial charge < -0.3 is 9.84 Å². The van der Waals surface area contributed by atoms with Gasteiger partial charge in [-0.05, 0) is 37.2 Å². The number of halogens is 1. The third-order valence-corrected chi connectivity index (χ3v) is 5.32. The number of rotatable bonds is 5. The van der Waals surface area contributed by atoms with Crippen LogP contribution in [0.25, 0.3) is 11.4 Å². The summed E-state index contributed by atoms with van der Waals surface area (Å²) < 4.78 is 6.56. The van der Waals surface area contributed by atoms with Crippen LogP contribution in [0, 0.1) is 0 Å². The van der Waals surface area contributed by atoms with Crippen molar-refractivity contribution in [1.29, 1.82) is 0 Å². The molecule has 0 saturated carbocycles. The molecule has 2 atom stereocenters. The molecule has 1 aliphatic heterocycles. The molecule has 1 aromatic heterocycles. The molecule has 0 amide bonds. The zero-order chi connectivity index (χ0) is 14.7.